The maximum atomic E-state index is 5.45. The third-order valence-corrected chi connectivity index (χ3v) is 4.31. The van der Waals surface area contributed by atoms with E-state index in [-0.39, 0.29) is 0 Å². The van der Waals surface area contributed by atoms with Crippen molar-refractivity contribution in [2.45, 2.75) is 52.5 Å². The molecule has 2 aliphatic rings. The molecule has 0 aromatic carbocycles. The Morgan fingerprint density at radius 3 is 2.38 bits per heavy atom. The predicted octanol–water partition coefficient (Wildman–Crippen LogP) is 2.83. The summed E-state index contributed by atoms with van der Waals surface area (Å²) in [6.45, 7) is 10.2. The standard InChI is InChI=1S/C14H27NO/c1-11(2)13(12-4-5-12)15-10-14(3)6-8-16-9-7-14/h11-13,15H,4-10H2,1-3H3. The van der Waals surface area contributed by atoms with Crippen LogP contribution >= 0.6 is 0 Å². The van der Waals surface area contributed by atoms with E-state index in [0.717, 1.165) is 31.1 Å². The minimum absolute atomic E-state index is 0.473. The minimum Gasteiger partial charge on any atom is -0.381 e. The normalized spacial score (nSPS) is 27.0. The molecular formula is C14H27NO. The molecule has 2 rings (SSSR count). The highest BCUT2D eigenvalue weighted by molar-refractivity contribution is 4.90. The van der Waals surface area contributed by atoms with Crippen molar-refractivity contribution in [2.24, 2.45) is 17.3 Å². The fraction of sp³-hybridized carbons (Fsp3) is 1.00. The molecule has 0 aromatic heterocycles. The smallest absolute Gasteiger partial charge is 0.0471 e. The summed E-state index contributed by atoms with van der Waals surface area (Å²) in [5, 5.41) is 3.84. The van der Waals surface area contributed by atoms with E-state index in [4.69, 9.17) is 4.74 Å². The number of rotatable bonds is 5. The summed E-state index contributed by atoms with van der Waals surface area (Å²) in [6.07, 6.45) is 5.32. The molecule has 1 N–H and O–H groups in total. The first kappa shape index (κ1) is 12.4. The molecule has 1 unspecified atom stereocenters. The predicted molar refractivity (Wildman–Crippen MR) is 67.5 cm³/mol. The van der Waals surface area contributed by atoms with Crippen LogP contribution in [0.1, 0.15) is 46.5 Å². The van der Waals surface area contributed by atoms with Gasteiger partial charge in [-0.15, -0.1) is 0 Å². The Morgan fingerprint density at radius 2 is 1.88 bits per heavy atom. The van der Waals surface area contributed by atoms with Crippen molar-refractivity contribution < 1.29 is 4.74 Å². The SMILES string of the molecule is CC(C)C(NCC1(C)CCOCC1)C1CC1. The third kappa shape index (κ3) is 3.21. The Balaban J connectivity index is 1.79. The van der Waals surface area contributed by atoms with E-state index in [2.05, 4.69) is 26.1 Å². The van der Waals surface area contributed by atoms with Gasteiger partial charge in [0.05, 0.1) is 0 Å². The van der Waals surface area contributed by atoms with Gasteiger partial charge in [0.25, 0.3) is 0 Å². The van der Waals surface area contributed by atoms with Crippen molar-refractivity contribution >= 4 is 0 Å². The van der Waals surface area contributed by atoms with Crippen LogP contribution in [0, 0.1) is 17.3 Å². The molecular weight excluding hydrogens is 198 g/mol. The molecule has 16 heavy (non-hydrogen) atoms. The molecule has 0 radical (unpaired) electrons. The summed E-state index contributed by atoms with van der Waals surface area (Å²) in [6, 6.07) is 0.750. The van der Waals surface area contributed by atoms with Crippen LogP contribution in [0.15, 0.2) is 0 Å². The van der Waals surface area contributed by atoms with Gasteiger partial charge in [0.2, 0.25) is 0 Å². The highest BCUT2D eigenvalue weighted by atomic mass is 16.5. The summed E-state index contributed by atoms with van der Waals surface area (Å²) < 4.78 is 5.45. The third-order valence-electron chi connectivity index (χ3n) is 4.31. The van der Waals surface area contributed by atoms with E-state index < -0.39 is 0 Å². The molecule has 2 fully saturated rings. The zero-order valence-corrected chi connectivity index (χ0v) is 11.1. The molecule has 1 heterocycles. The van der Waals surface area contributed by atoms with Crippen LogP contribution in [-0.4, -0.2) is 25.8 Å². The monoisotopic (exact) mass is 225 g/mol. The molecule has 1 saturated heterocycles. The van der Waals surface area contributed by atoms with Crippen LogP contribution in [0.4, 0.5) is 0 Å². The van der Waals surface area contributed by atoms with Crippen molar-refractivity contribution in [3.05, 3.63) is 0 Å². The van der Waals surface area contributed by atoms with E-state index in [1.807, 2.05) is 0 Å². The molecule has 2 heteroatoms. The molecule has 94 valence electrons. The maximum Gasteiger partial charge on any atom is 0.0471 e. The molecule has 1 aliphatic carbocycles. The summed E-state index contributed by atoms with van der Waals surface area (Å²) >= 11 is 0. The van der Waals surface area contributed by atoms with Gasteiger partial charge in [-0.3, -0.25) is 0 Å². The van der Waals surface area contributed by atoms with Crippen LogP contribution in [-0.2, 0) is 4.74 Å². The zero-order valence-electron chi connectivity index (χ0n) is 11.1. The number of hydrogen-bond acceptors (Lipinski definition) is 2. The van der Waals surface area contributed by atoms with E-state index >= 15 is 0 Å². The molecule has 0 bridgehead atoms. The zero-order chi connectivity index (χ0) is 11.6. The molecule has 2 nitrogen and oxygen atoms in total. The van der Waals surface area contributed by atoms with Gasteiger partial charge < -0.3 is 10.1 Å². The Hall–Kier alpha value is -0.0800. The van der Waals surface area contributed by atoms with Gasteiger partial charge >= 0.3 is 0 Å². The average Bonchev–Trinajstić information content (AvgIpc) is 3.02. The van der Waals surface area contributed by atoms with Crippen LogP contribution < -0.4 is 5.32 Å². The van der Waals surface area contributed by atoms with Gasteiger partial charge in [-0.1, -0.05) is 20.8 Å². The lowest BCUT2D eigenvalue weighted by molar-refractivity contribution is 0.0217. The van der Waals surface area contributed by atoms with Gasteiger partial charge in [-0.2, -0.15) is 0 Å². The van der Waals surface area contributed by atoms with E-state index in [1.165, 1.54) is 32.2 Å². The van der Waals surface area contributed by atoms with Crippen LogP contribution in [0.2, 0.25) is 0 Å². The van der Waals surface area contributed by atoms with Gasteiger partial charge in [0.1, 0.15) is 0 Å². The maximum absolute atomic E-state index is 5.45. The summed E-state index contributed by atoms with van der Waals surface area (Å²) in [5.41, 5.74) is 0.473. The summed E-state index contributed by atoms with van der Waals surface area (Å²) in [7, 11) is 0. The van der Waals surface area contributed by atoms with Gasteiger partial charge in [-0.25, -0.2) is 0 Å². The topological polar surface area (TPSA) is 21.3 Å². The van der Waals surface area contributed by atoms with Gasteiger partial charge in [0, 0.05) is 25.8 Å². The van der Waals surface area contributed by atoms with E-state index in [0.29, 0.717) is 5.41 Å². The lowest BCUT2D eigenvalue weighted by Crippen LogP contribution is -2.44. The fourth-order valence-electron chi connectivity index (χ4n) is 2.81. The first-order chi connectivity index (χ1) is 7.61. The number of hydrogen-bond donors (Lipinski definition) is 1. The second-order valence-electron chi connectivity index (χ2n) is 6.41. The van der Waals surface area contributed by atoms with Crippen molar-refractivity contribution in [3.63, 3.8) is 0 Å². The van der Waals surface area contributed by atoms with Gasteiger partial charge in [0.15, 0.2) is 0 Å². The van der Waals surface area contributed by atoms with Crippen molar-refractivity contribution in [1.82, 2.24) is 5.32 Å². The first-order valence-electron chi connectivity index (χ1n) is 6.92. The highest BCUT2D eigenvalue weighted by Crippen LogP contribution is 2.37. The quantitative estimate of drug-likeness (QED) is 0.777. The first-order valence-corrected chi connectivity index (χ1v) is 6.92. The number of nitrogens with one attached hydrogen (secondary N) is 1. The molecule has 1 atom stereocenters. The van der Waals surface area contributed by atoms with Crippen molar-refractivity contribution in [1.29, 1.82) is 0 Å². The van der Waals surface area contributed by atoms with Crippen LogP contribution in [0.3, 0.4) is 0 Å². The molecule has 0 spiro atoms. The molecule has 1 saturated carbocycles. The Kier molecular flexibility index (Phi) is 3.91. The summed E-state index contributed by atoms with van der Waals surface area (Å²) in [5.74, 6) is 1.74. The van der Waals surface area contributed by atoms with Crippen molar-refractivity contribution in [3.8, 4) is 0 Å². The Morgan fingerprint density at radius 1 is 1.25 bits per heavy atom. The molecule has 0 aromatic rings. The van der Waals surface area contributed by atoms with Crippen LogP contribution in [0.25, 0.3) is 0 Å². The largest absolute Gasteiger partial charge is 0.381 e. The van der Waals surface area contributed by atoms with Crippen molar-refractivity contribution in [2.75, 3.05) is 19.8 Å². The van der Waals surface area contributed by atoms with Gasteiger partial charge in [-0.05, 0) is 42.9 Å². The van der Waals surface area contributed by atoms with E-state index in [1.54, 1.807) is 0 Å². The lowest BCUT2D eigenvalue weighted by Gasteiger charge is -2.36. The Bertz CT molecular complexity index is 215. The lowest BCUT2D eigenvalue weighted by atomic mass is 9.82. The number of ether oxygens (including phenoxy) is 1. The summed E-state index contributed by atoms with van der Waals surface area (Å²) in [4.78, 5) is 0. The second kappa shape index (κ2) is 5.05. The Labute approximate surface area is 100 Å². The average molecular weight is 225 g/mol. The fourth-order valence-corrected chi connectivity index (χ4v) is 2.81. The minimum atomic E-state index is 0.473. The molecule has 1 aliphatic heterocycles. The molecule has 0 amide bonds. The highest BCUT2D eigenvalue weighted by Gasteiger charge is 2.35. The second-order valence-corrected chi connectivity index (χ2v) is 6.41. The van der Waals surface area contributed by atoms with E-state index in [9.17, 15) is 0 Å². The van der Waals surface area contributed by atoms with Crippen LogP contribution in [0.5, 0.6) is 0 Å².